The monoisotopic (exact) mass is 293 g/mol. The lowest BCUT2D eigenvalue weighted by atomic mass is 10.1. The van der Waals surface area contributed by atoms with Crippen LogP contribution < -0.4 is 15.4 Å². The molecule has 0 fully saturated rings. The molecule has 0 atom stereocenters. The summed E-state index contributed by atoms with van der Waals surface area (Å²) in [6.07, 6.45) is 1.85. The first kappa shape index (κ1) is 17.5. The Labute approximate surface area is 127 Å². The summed E-state index contributed by atoms with van der Waals surface area (Å²) in [6.45, 7) is 2.92. The summed E-state index contributed by atoms with van der Waals surface area (Å²) in [5.41, 5.74) is 1.16. The SMILES string of the molecule is COc1cccc(CCNC(=O)CNCCCN(C)C)c1. The van der Waals surface area contributed by atoms with Gasteiger partial charge >= 0.3 is 0 Å². The van der Waals surface area contributed by atoms with Crippen LogP contribution in [0.1, 0.15) is 12.0 Å². The summed E-state index contributed by atoms with van der Waals surface area (Å²) in [5.74, 6) is 0.893. The van der Waals surface area contributed by atoms with E-state index in [9.17, 15) is 4.79 Å². The van der Waals surface area contributed by atoms with Crippen LogP contribution in [0.15, 0.2) is 24.3 Å². The topological polar surface area (TPSA) is 53.6 Å². The first-order valence-corrected chi connectivity index (χ1v) is 7.37. The fourth-order valence-electron chi connectivity index (χ4n) is 1.96. The van der Waals surface area contributed by atoms with E-state index in [1.54, 1.807) is 7.11 Å². The third kappa shape index (κ3) is 8.32. The Morgan fingerprint density at radius 2 is 2.10 bits per heavy atom. The first-order chi connectivity index (χ1) is 10.1. The summed E-state index contributed by atoms with van der Waals surface area (Å²) >= 11 is 0. The second-order valence-electron chi connectivity index (χ2n) is 5.29. The Bertz CT molecular complexity index is 422. The van der Waals surface area contributed by atoms with Crippen LogP contribution in [0, 0.1) is 0 Å². The van der Waals surface area contributed by atoms with E-state index in [4.69, 9.17) is 4.74 Å². The molecule has 1 aromatic rings. The van der Waals surface area contributed by atoms with Crippen LogP contribution in [0.4, 0.5) is 0 Å². The predicted octanol–water partition coefficient (Wildman–Crippen LogP) is 0.895. The molecule has 5 nitrogen and oxygen atoms in total. The number of carbonyl (C=O) groups excluding carboxylic acids is 1. The number of ether oxygens (including phenoxy) is 1. The van der Waals surface area contributed by atoms with Crippen molar-refractivity contribution in [3.05, 3.63) is 29.8 Å². The van der Waals surface area contributed by atoms with Crippen molar-refractivity contribution in [1.29, 1.82) is 0 Å². The van der Waals surface area contributed by atoms with Crippen molar-refractivity contribution < 1.29 is 9.53 Å². The van der Waals surface area contributed by atoms with Gasteiger partial charge in [0.25, 0.3) is 0 Å². The van der Waals surface area contributed by atoms with Crippen molar-refractivity contribution in [3.8, 4) is 5.75 Å². The minimum atomic E-state index is 0.0442. The summed E-state index contributed by atoms with van der Waals surface area (Å²) in [5, 5.41) is 6.06. The molecule has 0 saturated heterocycles. The molecule has 2 N–H and O–H groups in total. The first-order valence-electron chi connectivity index (χ1n) is 7.37. The van der Waals surface area contributed by atoms with Gasteiger partial charge in [-0.05, 0) is 57.7 Å². The normalized spacial score (nSPS) is 10.7. The molecule has 0 heterocycles. The highest BCUT2D eigenvalue weighted by Gasteiger charge is 2.01. The van der Waals surface area contributed by atoms with Crippen LogP contribution in [-0.4, -0.2) is 58.2 Å². The van der Waals surface area contributed by atoms with Gasteiger partial charge in [0, 0.05) is 6.54 Å². The smallest absolute Gasteiger partial charge is 0.233 e. The van der Waals surface area contributed by atoms with E-state index in [2.05, 4.69) is 15.5 Å². The van der Waals surface area contributed by atoms with E-state index in [1.165, 1.54) is 0 Å². The van der Waals surface area contributed by atoms with E-state index >= 15 is 0 Å². The van der Waals surface area contributed by atoms with Gasteiger partial charge in [0.05, 0.1) is 13.7 Å². The molecule has 0 radical (unpaired) electrons. The zero-order chi connectivity index (χ0) is 15.5. The maximum atomic E-state index is 11.6. The lowest BCUT2D eigenvalue weighted by Gasteiger charge is -2.10. The molecular weight excluding hydrogens is 266 g/mol. The summed E-state index contributed by atoms with van der Waals surface area (Å²) in [7, 11) is 5.75. The Hall–Kier alpha value is -1.59. The quantitative estimate of drug-likeness (QED) is 0.629. The van der Waals surface area contributed by atoms with E-state index in [0.717, 1.165) is 37.2 Å². The van der Waals surface area contributed by atoms with Crippen molar-refractivity contribution >= 4 is 5.91 Å². The number of hydrogen-bond acceptors (Lipinski definition) is 4. The third-order valence-electron chi connectivity index (χ3n) is 3.11. The van der Waals surface area contributed by atoms with Crippen LogP contribution in [0.2, 0.25) is 0 Å². The number of hydrogen-bond donors (Lipinski definition) is 2. The maximum Gasteiger partial charge on any atom is 0.233 e. The number of rotatable bonds is 10. The molecule has 0 aromatic heterocycles. The van der Waals surface area contributed by atoms with Gasteiger partial charge in [-0.3, -0.25) is 4.79 Å². The van der Waals surface area contributed by atoms with Crippen molar-refractivity contribution in [2.75, 3.05) is 47.4 Å². The van der Waals surface area contributed by atoms with E-state index < -0.39 is 0 Å². The van der Waals surface area contributed by atoms with Gasteiger partial charge in [0.15, 0.2) is 0 Å². The highest BCUT2D eigenvalue weighted by molar-refractivity contribution is 5.77. The molecular formula is C16H27N3O2. The predicted molar refractivity (Wildman–Crippen MR) is 85.7 cm³/mol. The maximum absolute atomic E-state index is 11.6. The zero-order valence-corrected chi connectivity index (χ0v) is 13.3. The van der Waals surface area contributed by atoms with Gasteiger partial charge in [-0.1, -0.05) is 12.1 Å². The van der Waals surface area contributed by atoms with E-state index in [0.29, 0.717) is 13.1 Å². The minimum absolute atomic E-state index is 0.0442. The van der Waals surface area contributed by atoms with Gasteiger partial charge in [-0.2, -0.15) is 0 Å². The Morgan fingerprint density at radius 1 is 1.29 bits per heavy atom. The fraction of sp³-hybridized carbons (Fsp3) is 0.562. The number of amides is 1. The molecule has 1 aromatic carbocycles. The van der Waals surface area contributed by atoms with E-state index in [1.807, 2.05) is 38.4 Å². The van der Waals surface area contributed by atoms with E-state index in [-0.39, 0.29) is 5.91 Å². The molecule has 0 spiro atoms. The van der Waals surface area contributed by atoms with Crippen molar-refractivity contribution in [3.63, 3.8) is 0 Å². The third-order valence-corrected chi connectivity index (χ3v) is 3.11. The summed E-state index contributed by atoms with van der Waals surface area (Å²) in [4.78, 5) is 13.8. The second kappa shape index (κ2) is 10.2. The minimum Gasteiger partial charge on any atom is -0.497 e. The standard InChI is InChI=1S/C16H27N3O2/c1-19(2)11-5-9-17-13-16(20)18-10-8-14-6-4-7-15(12-14)21-3/h4,6-7,12,17H,5,8-11,13H2,1-3H3,(H,18,20). The molecule has 0 unspecified atom stereocenters. The van der Waals surface area contributed by atoms with Crippen LogP contribution >= 0.6 is 0 Å². The molecule has 1 amide bonds. The van der Waals surface area contributed by atoms with Gasteiger partial charge in [0.1, 0.15) is 5.75 Å². The number of carbonyl (C=O) groups is 1. The fourth-order valence-corrected chi connectivity index (χ4v) is 1.96. The van der Waals surface area contributed by atoms with Gasteiger partial charge in [-0.15, -0.1) is 0 Å². The number of nitrogens with one attached hydrogen (secondary N) is 2. The largest absolute Gasteiger partial charge is 0.497 e. The van der Waals surface area contributed by atoms with Gasteiger partial charge < -0.3 is 20.3 Å². The summed E-state index contributed by atoms with van der Waals surface area (Å²) in [6, 6.07) is 7.90. The molecule has 0 aliphatic carbocycles. The van der Waals surface area contributed by atoms with Gasteiger partial charge in [0.2, 0.25) is 5.91 Å². The molecule has 1 rings (SSSR count). The molecule has 118 valence electrons. The zero-order valence-electron chi connectivity index (χ0n) is 13.3. The molecule has 0 bridgehead atoms. The average molecular weight is 293 g/mol. The Morgan fingerprint density at radius 3 is 2.81 bits per heavy atom. The van der Waals surface area contributed by atoms with Crippen LogP contribution in [0.3, 0.4) is 0 Å². The lowest BCUT2D eigenvalue weighted by Crippen LogP contribution is -2.35. The van der Waals surface area contributed by atoms with Crippen LogP contribution in [0.5, 0.6) is 5.75 Å². The number of methoxy groups -OCH3 is 1. The average Bonchev–Trinajstić information content (AvgIpc) is 2.47. The number of benzene rings is 1. The Balaban J connectivity index is 2.10. The molecule has 0 aliphatic rings. The molecule has 0 saturated carbocycles. The number of nitrogens with zero attached hydrogens (tertiary/aromatic N) is 1. The van der Waals surface area contributed by atoms with Crippen LogP contribution in [-0.2, 0) is 11.2 Å². The molecule has 5 heteroatoms. The Kier molecular flexibility index (Phi) is 8.47. The van der Waals surface area contributed by atoms with Crippen LogP contribution in [0.25, 0.3) is 0 Å². The highest BCUT2D eigenvalue weighted by Crippen LogP contribution is 2.12. The van der Waals surface area contributed by atoms with Crippen molar-refractivity contribution in [2.24, 2.45) is 0 Å². The second-order valence-corrected chi connectivity index (χ2v) is 5.29. The summed E-state index contributed by atoms with van der Waals surface area (Å²) < 4.78 is 5.17. The molecule has 21 heavy (non-hydrogen) atoms. The van der Waals surface area contributed by atoms with Crippen molar-refractivity contribution in [2.45, 2.75) is 12.8 Å². The lowest BCUT2D eigenvalue weighted by molar-refractivity contribution is -0.120. The molecule has 0 aliphatic heterocycles. The van der Waals surface area contributed by atoms with Gasteiger partial charge in [-0.25, -0.2) is 0 Å². The van der Waals surface area contributed by atoms with Crippen molar-refractivity contribution in [1.82, 2.24) is 15.5 Å². The highest BCUT2D eigenvalue weighted by atomic mass is 16.5.